The topological polar surface area (TPSA) is 66.9 Å². The number of piperidine rings is 1. The Morgan fingerprint density at radius 2 is 1.73 bits per heavy atom. The van der Waals surface area contributed by atoms with Crippen LogP contribution in [0.1, 0.15) is 28.8 Å². The van der Waals surface area contributed by atoms with Crippen molar-refractivity contribution in [1.29, 1.82) is 0 Å². The van der Waals surface area contributed by atoms with E-state index in [1.54, 1.807) is 0 Å². The minimum absolute atomic E-state index is 0.0159. The van der Waals surface area contributed by atoms with Crippen molar-refractivity contribution in [2.24, 2.45) is 0 Å². The Bertz CT molecular complexity index is 1290. The monoisotopic (exact) mass is 558 g/mol. The maximum atomic E-state index is 14.5. The van der Waals surface area contributed by atoms with Crippen LogP contribution in [0.3, 0.4) is 0 Å². The lowest BCUT2D eigenvalue weighted by molar-refractivity contribution is -0.274. The Balaban J connectivity index is 1.13. The number of aromatic nitrogens is 1. The average molecular weight is 559 g/mol. The van der Waals surface area contributed by atoms with Gasteiger partial charge in [-0.2, -0.15) is 0 Å². The van der Waals surface area contributed by atoms with E-state index >= 15 is 0 Å². The number of anilines is 1. The van der Waals surface area contributed by atoms with Crippen LogP contribution < -0.4 is 15.0 Å². The van der Waals surface area contributed by atoms with Gasteiger partial charge in [0.25, 0.3) is 5.91 Å². The molecular weight excluding hydrogens is 528 g/mol. The summed E-state index contributed by atoms with van der Waals surface area (Å²) in [5, 5.41) is 3.04. The number of morpholine rings is 1. The highest BCUT2D eigenvalue weighted by molar-refractivity contribution is 5.95. The van der Waals surface area contributed by atoms with Gasteiger partial charge in [0.15, 0.2) is 0 Å². The summed E-state index contributed by atoms with van der Waals surface area (Å²) in [6.07, 6.45) is -1.34. The van der Waals surface area contributed by atoms with Crippen LogP contribution >= 0.6 is 0 Å². The molecule has 0 saturated carbocycles. The van der Waals surface area contributed by atoms with Crippen molar-refractivity contribution in [3.8, 4) is 16.9 Å². The number of pyridine rings is 1. The van der Waals surface area contributed by atoms with E-state index in [4.69, 9.17) is 4.74 Å². The fraction of sp³-hybridized carbons (Fsp3) is 0.379. The Hall–Kier alpha value is -3.70. The van der Waals surface area contributed by atoms with E-state index in [9.17, 15) is 22.4 Å². The van der Waals surface area contributed by atoms with Crippen LogP contribution in [-0.4, -0.2) is 67.6 Å². The number of hydrogen-bond acceptors (Lipinski definition) is 6. The van der Waals surface area contributed by atoms with Crippen LogP contribution in [0.4, 0.5) is 23.4 Å². The molecular formula is C29H30F4N4O3. The highest BCUT2D eigenvalue weighted by Crippen LogP contribution is 2.29. The second-order valence-electron chi connectivity index (χ2n) is 9.91. The summed E-state index contributed by atoms with van der Waals surface area (Å²) in [4.78, 5) is 22.1. The largest absolute Gasteiger partial charge is 0.573 e. The first kappa shape index (κ1) is 27.9. The number of benzene rings is 2. The zero-order valence-corrected chi connectivity index (χ0v) is 21.8. The van der Waals surface area contributed by atoms with E-state index in [-0.39, 0.29) is 23.1 Å². The third kappa shape index (κ3) is 7.28. The van der Waals surface area contributed by atoms with Crippen molar-refractivity contribution >= 4 is 11.7 Å². The number of amides is 1. The fourth-order valence-corrected chi connectivity index (χ4v) is 4.98. The molecule has 1 N–H and O–H groups in total. The van der Waals surface area contributed by atoms with Crippen LogP contribution in [0, 0.1) is 5.82 Å². The van der Waals surface area contributed by atoms with Gasteiger partial charge in [0, 0.05) is 56.1 Å². The molecule has 3 aromatic rings. The number of ether oxygens (including phenoxy) is 2. The fourth-order valence-electron chi connectivity index (χ4n) is 4.98. The molecule has 2 aliphatic heterocycles. The predicted molar refractivity (Wildman–Crippen MR) is 142 cm³/mol. The molecule has 2 aromatic carbocycles. The van der Waals surface area contributed by atoms with Gasteiger partial charge in [-0.25, -0.2) is 9.37 Å². The molecule has 11 heteroatoms. The summed E-state index contributed by atoms with van der Waals surface area (Å²) in [7, 11) is 0. The summed E-state index contributed by atoms with van der Waals surface area (Å²) in [6, 6.07) is 13.0. The molecule has 5 rings (SSSR count). The van der Waals surface area contributed by atoms with E-state index in [2.05, 4.69) is 37.0 Å². The van der Waals surface area contributed by atoms with E-state index in [0.717, 1.165) is 82.3 Å². The summed E-state index contributed by atoms with van der Waals surface area (Å²) < 4.78 is 61.0. The summed E-state index contributed by atoms with van der Waals surface area (Å²) in [5.74, 6) is -0.343. The molecule has 0 atom stereocenters. The second kappa shape index (κ2) is 12.2. The number of carbonyl (C=O) groups is 1. The first-order chi connectivity index (χ1) is 19.2. The van der Waals surface area contributed by atoms with Crippen molar-refractivity contribution in [1.82, 2.24) is 15.2 Å². The van der Waals surface area contributed by atoms with E-state index < -0.39 is 17.9 Å². The van der Waals surface area contributed by atoms with Crippen molar-refractivity contribution in [3.63, 3.8) is 0 Å². The summed E-state index contributed by atoms with van der Waals surface area (Å²) in [6.45, 7) is 5.54. The molecule has 0 spiro atoms. The number of nitrogens with zero attached hydrogens (tertiary/aromatic N) is 3. The van der Waals surface area contributed by atoms with Gasteiger partial charge < -0.3 is 19.7 Å². The first-order valence-corrected chi connectivity index (χ1v) is 13.2. The molecule has 2 fully saturated rings. The van der Waals surface area contributed by atoms with Crippen molar-refractivity contribution in [3.05, 3.63) is 77.7 Å². The quantitative estimate of drug-likeness (QED) is 0.411. The van der Waals surface area contributed by atoms with Gasteiger partial charge >= 0.3 is 6.36 Å². The van der Waals surface area contributed by atoms with E-state index in [1.165, 1.54) is 30.3 Å². The van der Waals surface area contributed by atoms with Gasteiger partial charge in [0.05, 0.1) is 13.2 Å². The van der Waals surface area contributed by atoms with Gasteiger partial charge in [-0.15, -0.1) is 13.2 Å². The standard InChI is InChI=1S/C29H30F4N4O3/c30-26-7-4-22(17-25(26)21-2-5-24(6-3-21)40-29(31,32)33)28(38)35-23-9-11-36(12-10-23)19-20-1-8-27(34-18-20)37-13-15-39-16-14-37/h1-8,17-18,23H,9-16,19H2,(H,35,38). The van der Waals surface area contributed by atoms with Gasteiger partial charge in [-0.05, 0) is 60.4 Å². The third-order valence-corrected chi connectivity index (χ3v) is 7.10. The van der Waals surface area contributed by atoms with E-state index in [0.29, 0.717) is 5.56 Å². The highest BCUT2D eigenvalue weighted by atomic mass is 19.4. The molecule has 212 valence electrons. The Kier molecular flexibility index (Phi) is 8.51. The highest BCUT2D eigenvalue weighted by Gasteiger charge is 2.31. The minimum Gasteiger partial charge on any atom is -0.406 e. The molecule has 2 saturated heterocycles. The smallest absolute Gasteiger partial charge is 0.406 e. The summed E-state index contributed by atoms with van der Waals surface area (Å²) >= 11 is 0. The van der Waals surface area contributed by atoms with Crippen LogP contribution in [0.5, 0.6) is 5.75 Å². The third-order valence-electron chi connectivity index (χ3n) is 7.10. The Morgan fingerprint density at radius 3 is 2.38 bits per heavy atom. The van der Waals surface area contributed by atoms with Crippen LogP contribution in [0.2, 0.25) is 0 Å². The molecule has 0 bridgehead atoms. The van der Waals surface area contributed by atoms with Crippen molar-refractivity contribution in [2.75, 3.05) is 44.3 Å². The zero-order valence-electron chi connectivity index (χ0n) is 21.8. The average Bonchev–Trinajstić information content (AvgIpc) is 2.95. The number of carbonyl (C=O) groups excluding carboxylic acids is 1. The molecule has 3 heterocycles. The maximum absolute atomic E-state index is 14.5. The van der Waals surface area contributed by atoms with Crippen molar-refractivity contribution < 1.29 is 31.8 Å². The lowest BCUT2D eigenvalue weighted by Crippen LogP contribution is -2.44. The first-order valence-electron chi connectivity index (χ1n) is 13.2. The predicted octanol–water partition coefficient (Wildman–Crippen LogP) is 5.02. The lowest BCUT2D eigenvalue weighted by Gasteiger charge is -2.32. The number of halogens is 4. The van der Waals surface area contributed by atoms with E-state index in [1.807, 2.05) is 6.20 Å². The molecule has 0 unspecified atom stereocenters. The number of alkyl halides is 3. The van der Waals surface area contributed by atoms with Crippen molar-refractivity contribution in [2.45, 2.75) is 31.8 Å². The molecule has 7 nitrogen and oxygen atoms in total. The maximum Gasteiger partial charge on any atom is 0.573 e. The number of nitrogens with one attached hydrogen (secondary N) is 1. The molecule has 0 aliphatic carbocycles. The summed E-state index contributed by atoms with van der Waals surface area (Å²) in [5.41, 5.74) is 1.87. The molecule has 40 heavy (non-hydrogen) atoms. The number of rotatable bonds is 7. The van der Waals surface area contributed by atoms with Crippen LogP contribution in [0.25, 0.3) is 11.1 Å². The number of likely N-dealkylation sites (tertiary alicyclic amines) is 1. The SMILES string of the molecule is O=C(NC1CCN(Cc2ccc(N3CCOCC3)nc2)CC1)c1ccc(F)c(-c2ccc(OC(F)(F)F)cc2)c1. The van der Waals surface area contributed by atoms with Gasteiger partial charge in [0.2, 0.25) is 0 Å². The Labute approximate surface area is 229 Å². The second-order valence-corrected chi connectivity index (χ2v) is 9.91. The lowest BCUT2D eigenvalue weighted by atomic mass is 10.0. The van der Waals surface area contributed by atoms with Crippen LogP contribution in [-0.2, 0) is 11.3 Å². The van der Waals surface area contributed by atoms with Crippen LogP contribution in [0.15, 0.2) is 60.8 Å². The zero-order chi connectivity index (χ0) is 28.1. The van der Waals surface area contributed by atoms with Gasteiger partial charge in [-0.3, -0.25) is 9.69 Å². The molecule has 2 aliphatic rings. The minimum atomic E-state index is -4.81. The number of hydrogen-bond donors (Lipinski definition) is 1. The molecule has 1 aromatic heterocycles. The Morgan fingerprint density at radius 1 is 1.00 bits per heavy atom. The normalized spacial score (nSPS) is 17.1. The van der Waals surface area contributed by atoms with Gasteiger partial charge in [0.1, 0.15) is 17.4 Å². The molecule has 1 amide bonds. The molecule has 0 radical (unpaired) electrons. The van der Waals surface area contributed by atoms with Gasteiger partial charge in [-0.1, -0.05) is 18.2 Å².